The second-order valence-electron chi connectivity index (χ2n) is 5.53. The first-order valence-corrected chi connectivity index (χ1v) is 9.67. The number of aromatic nitrogens is 2. The van der Waals surface area contributed by atoms with Crippen LogP contribution in [-0.2, 0) is 14.6 Å². The molecule has 1 aromatic heterocycles. The molecule has 0 atom stereocenters. The van der Waals surface area contributed by atoms with Gasteiger partial charge < -0.3 is 5.32 Å². The zero-order valence-electron chi connectivity index (χ0n) is 13.2. The van der Waals surface area contributed by atoms with E-state index in [9.17, 15) is 13.2 Å². The summed E-state index contributed by atoms with van der Waals surface area (Å²) in [6.45, 7) is 5.86. The van der Waals surface area contributed by atoms with E-state index in [1.807, 2.05) is 20.8 Å². The number of hydrogen-bond acceptors (Lipinski definition) is 6. The van der Waals surface area contributed by atoms with Crippen LogP contribution in [-0.4, -0.2) is 30.3 Å². The molecule has 0 unspecified atom stereocenters. The molecule has 0 aliphatic heterocycles. The summed E-state index contributed by atoms with van der Waals surface area (Å²) < 4.78 is 24.4. The number of benzene rings is 1. The number of carbonyl (C=O) groups is 1. The van der Waals surface area contributed by atoms with E-state index in [1.165, 1.54) is 11.3 Å². The molecule has 0 fully saturated rings. The SMILES string of the molecule is Cc1ccc(S(=O)(=O)CCC(=O)Nc2nnc(C(C)C)s2)cc1. The molecule has 0 bridgehead atoms. The third kappa shape index (κ3) is 4.84. The summed E-state index contributed by atoms with van der Waals surface area (Å²) in [6, 6.07) is 6.59. The Bertz CT molecular complexity index is 781. The Morgan fingerprint density at radius 3 is 2.43 bits per heavy atom. The molecule has 1 amide bonds. The van der Waals surface area contributed by atoms with Gasteiger partial charge in [-0.3, -0.25) is 4.79 Å². The van der Waals surface area contributed by atoms with E-state index in [-0.39, 0.29) is 28.9 Å². The van der Waals surface area contributed by atoms with Gasteiger partial charge >= 0.3 is 0 Å². The first-order valence-electron chi connectivity index (χ1n) is 7.20. The van der Waals surface area contributed by atoms with Gasteiger partial charge in [0.15, 0.2) is 9.84 Å². The average Bonchev–Trinajstić information content (AvgIpc) is 2.94. The highest BCUT2D eigenvalue weighted by molar-refractivity contribution is 7.91. The van der Waals surface area contributed by atoms with Gasteiger partial charge in [-0.05, 0) is 19.1 Å². The Hall–Kier alpha value is -1.80. The second-order valence-corrected chi connectivity index (χ2v) is 8.65. The number of rotatable bonds is 6. The van der Waals surface area contributed by atoms with Gasteiger partial charge in [0, 0.05) is 12.3 Å². The maximum atomic E-state index is 12.2. The van der Waals surface area contributed by atoms with Gasteiger partial charge in [0.1, 0.15) is 5.01 Å². The molecule has 0 aliphatic carbocycles. The second kappa shape index (κ2) is 7.18. The number of amides is 1. The monoisotopic (exact) mass is 353 g/mol. The predicted molar refractivity (Wildman–Crippen MR) is 90.5 cm³/mol. The fourth-order valence-corrected chi connectivity index (χ4v) is 3.79. The first kappa shape index (κ1) is 17.6. The molecule has 1 N–H and O–H groups in total. The van der Waals surface area contributed by atoms with Gasteiger partial charge in [0.2, 0.25) is 11.0 Å². The van der Waals surface area contributed by atoms with Crippen molar-refractivity contribution in [2.45, 2.75) is 38.0 Å². The molecule has 0 saturated carbocycles. The highest BCUT2D eigenvalue weighted by atomic mass is 32.2. The van der Waals surface area contributed by atoms with Crippen molar-refractivity contribution in [3.63, 3.8) is 0 Å². The normalized spacial score (nSPS) is 11.7. The number of nitrogens with one attached hydrogen (secondary N) is 1. The lowest BCUT2D eigenvalue weighted by Crippen LogP contribution is -2.17. The van der Waals surface area contributed by atoms with Gasteiger partial charge in [-0.25, -0.2) is 8.42 Å². The Labute approximate surface area is 139 Å². The van der Waals surface area contributed by atoms with E-state index >= 15 is 0 Å². The lowest BCUT2D eigenvalue weighted by molar-refractivity contribution is -0.115. The minimum Gasteiger partial charge on any atom is -0.301 e. The third-order valence-corrected chi connectivity index (χ3v) is 6.03. The molecule has 0 saturated heterocycles. The molecule has 23 heavy (non-hydrogen) atoms. The van der Waals surface area contributed by atoms with Gasteiger partial charge in [-0.2, -0.15) is 0 Å². The molecule has 0 radical (unpaired) electrons. The molecule has 1 aromatic carbocycles. The van der Waals surface area contributed by atoms with Crippen LogP contribution in [0, 0.1) is 6.92 Å². The summed E-state index contributed by atoms with van der Waals surface area (Å²) in [5.74, 6) is -0.384. The summed E-state index contributed by atoms with van der Waals surface area (Å²) >= 11 is 1.30. The molecule has 124 valence electrons. The van der Waals surface area contributed by atoms with Crippen molar-refractivity contribution < 1.29 is 13.2 Å². The smallest absolute Gasteiger partial charge is 0.227 e. The standard InChI is InChI=1S/C15H19N3O3S2/c1-10(2)14-17-18-15(22-14)16-13(19)8-9-23(20,21)12-6-4-11(3)5-7-12/h4-7,10H,8-9H2,1-3H3,(H,16,18,19). The van der Waals surface area contributed by atoms with Crippen LogP contribution in [0.1, 0.15) is 36.8 Å². The van der Waals surface area contributed by atoms with Crippen LogP contribution >= 0.6 is 11.3 Å². The predicted octanol–water partition coefficient (Wildman–Crippen LogP) is 2.77. The summed E-state index contributed by atoms with van der Waals surface area (Å²) in [5.41, 5.74) is 0.985. The minimum absolute atomic E-state index is 0.118. The van der Waals surface area contributed by atoms with E-state index in [0.29, 0.717) is 5.13 Å². The van der Waals surface area contributed by atoms with Crippen LogP contribution in [0.2, 0.25) is 0 Å². The molecule has 0 spiro atoms. The molecular formula is C15H19N3O3S2. The van der Waals surface area contributed by atoms with E-state index in [0.717, 1.165) is 10.6 Å². The van der Waals surface area contributed by atoms with Crippen molar-refractivity contribution in [3.05, 3.63) is 34.8 Å². The van der Waals surface area contributed by atoms with Gasteiger partial charge in [0.05, 0.1) is 10.6 Å². The quantitative estimate of drug-likeness (QED) is 0.862. The van der Waals surface area contributed by atoms with Gasteiger partial charge in [-0.15, -0.1) is 10.2 Å². The topological polar surface area (TPSA) is 89.0 Å². The highest BCUT2D eigenvalue weighted by Gasteiger charge is 2.17. The van der Waals surface area contributed by atoms with Crippen molar-refractivity contribution >= 4 is 32.2 Å². The Morgan fingerprint density at radius 1 is 1.22 bits per heavy atom. The van der Waals surface area contributed by atoms with E-state index in [4.69, 9.17) is 0 Å². The minimum atomic E-state index is -3.47. The van der Waals surface area contributed by atoms with Crippen LogP contribution < -0.4 is 5.32 Å². The number of sulfone groups is 1. The van der Waals surface area contributed by atoms with Crippen molar-refractivity contribution in [2.75, 3.05) is 11.1 Å². The Morgan fingerprint density at radius 2 is 1.87 bits per heavy atom. The highest BCUT2D eigenvalue weighted by Crippen LogP contribution is 2.22. The van der Waals surface area contributed by atoms with Crippen molar-refractivity contribution in [1.29, 1.82) is 0 Å². The lowest BCUT2D eigenvalue weighted by atomic mass is 10.2. The summed E-state index contributed by atoms with van der Waals surface area (Å²) in [5, 5.41) is 11.7. The lowest BCUT2D eigenvalue weighted by Gasteiger charge is -2.05. The maximum absolute atomic E-state index is 12.2. The molecule has 2 rings (SSSR count). The van der Waals surface area contributed by atoms with Crippen LogP contribution in [0.25, 0.3) is 0 Å². The van der Waals surface area contributed by atoms with E-state index < -0.39 is 9.84 Å². The molecule has 1 heterocycles. The van der Waals surface area contributed by atoms with Crippen LogP contribution in [0.3, 0.4) is 0 Å². The van der Waals surface area contributed by atoms with Crippen molar-refractivity contribution in [2.24, 2.45) is 0 Å². The zero-order chi connectivity index (χ0) is 17.0. The number of hydrogen-bond donors (Lipinski definition) is 1. The average molecular weight is 353 g/mol. The molecule has 6 nitrogen and oxygen atoms in total. The van der Waals surface area contributed by atoms with Crippen molar-refractivity contribution in [1.82, 2.24) is 10.2 Å². The molecule has 2 aromatic rings. The number of aryl methyl sites for hydroxylation is 1. The third-order valence-electron chi connectivity index (χ3n) is 3.16. The summed E-state index contributed by atoms with van der Waals surface area (Å²) in [6.07, 6.45) is -0.118. The summed E-state index contributed by atoms with van der Waals surface area (Å²) in [7, 11) is -3.47. The van der Waals surface area contributed by atoms with Crippen LogP contribution in [0.4, 0.5) is 5.13 Å². The van der Waals surface area contributed by atoms with Crippen LogP contribution in [0.15, 0.2) is 29.2 Å². The van der Waals surface area contributed by atoms with Gasteiger partial charge in [-0.1, -0.05) is 42.9 Å². The van der Waals surface area contributed by atoms with Crippen molar-refractivity contribution in [3.8, 4) is 0 Å². The number of anilines is 1. The Balaban J connectivity index is 1.94. The zero-order valence-corrected chi connectivity index (χ0v) is 14.9. The molecule has 0 aliphatic rings. The van der Waals surface area contributed by atoms with E-state index in [2.05, 4.69) is 15.5 Å². The molecular weight excluding hydrogens is 334 g/mol. The van der Waals surface area contributed by atoms with Crippen LogP contribution in [0.5, 0.6) is 0 Å². The largest absolute Gasteiger partial charge is 0.301 e. The first-order chi connectivity index (χ1) is 10.8. The van der Waals surface area contributed by atoms with Gasteiger partial charge in [0.25, 0.3) is 0 Å². The number of nitrogens with zero attached hydrogens (tertiary/aromatic N) is 2. The fourth-order valence-electron chi connectivity index (χ4n) is 1.79. The fraction of sp³-hybridized carbons (Fsp3) is 0.400. The maximum Gasteiger partial charge on any atom is 0.227 e. The summed E-state index contributed by atoms with van der Waals surface area (Å²) in [4.78, 5) is 12.1. The molecule has 8 heteroatoms. The Kier molecular flexibility index (Phi) is 5.48. The number of carbonyl (C=O) groups excluding carboxylic acids is 1. The van der Waals surface area contributed by atoms with E-state index in [1.54, 1.807) is 24.3 Å².